The Morgan fingerprint density at radius 1 is 1.04 bits per heavy atom. The molecule has 2 aromatic rings. The number of para-hydroxylation sites is 1. The first-order valence-electron chi connectivity index (χ1n) is 8.66. The second-order valence-corrected chi connectivity index (χ2v) is 5.70. The third-order valence-electron chi connectivity index (χ3n) is 3.82. The van der Waals surface area contributed by atoms with E-state index in [0.717, 1.165) is 6.07 Å². The number of carbonyl (C=O) groups excluding carboxylic acids is 1. The average Bonchev–Trinajstić information content (AvgIpc) is 2.65. The van der Waals surface area contributed by atoms with Crippen molar-refractivity contribution in [3.05, 3.63) is 65.2 Å². The van der Waals surface area contributed by atoms with Crippen LogP contribution < -0.4 is 10.1 Å². The molecule has 1 N–H and O–H groups in total. The summed E-state index contributed by atoms with van der Waals surface area (Å²) in [5, 5.41) is 2.65. The lowest BCUT2D eigenvalue weighted by Gasteiger charge is -2.14. The molecule has 0 aliphatic rings. The minimum Gasteiger partial charge on any atom is -0.490 e. The van der Waals surface area contributed by atoms with E-state index in [1.165, 1.54) is 12.1 Å². The number of nitrogens with one attached hydrogen (secondary N) is 1. The van der Waals surface area contributed by atoms with Crippen molar-refractivity contribution in [2.75, 3.05) is 26.4 Å². The van der Waals surface area contributed by atoms with E-state index in [4.69, 9.17) is 9.47 Å². The van der Waals surface area contributed by atoms with Crippen molar-refractivity contribution in [2.45, 2.75) is 19.5 Å². The van der Waals surface area contributed by atoms with E-state index in [9.17, 15) is 18.0 Å². The van der Waals surface area contributed by atoms with Gasteiger partial charge < -0.3 is 14.8 Å². The van der Waals surface area contributed by atoms with E-state index < -0.39 is 17.6 Å². The molecule has 0 fully saturated rings. The second-order valence-electron chi connectivity index (χ2n) is 5.70. The van der Waals surface area contributed by atoms with Crippen LogP contribution in [-0.2, 0) is 17.3 Å². The van der Waals surface area contributed by atoms with Gasteiger partial charge in [0.15, 0.2) is 0 Å². The normalized spacial score (nSPS) is 11.3. The molecule has 0 aliphatic carbocycles. The van der Waals surface area contributed by atoms with Crippen LogP contribution in [0.4, 0.5) is 13.2 Å². The molecule has 0 atom stereocenters. The molecular formula is C20H22F3NO3. The van der Waals surface area contributed by atoms with Crippen molar-refractivity contribution < 1.29 is 27.4 Å². The van der Waals surface area contributed by atoms with E-state index in [1.54, 1.807) is 30.3 Å². The Balaban J connectivity index is 1.95. The van der Waals surface area contributed by atoms with Crippen LogP contribution in [0.2, 0.25) is 0 Å². The van der Waals surface area contributed by atoms with Gasteiger partial charge in [0.2, 0.25) is 0 Å². The summed E-state index contributed by atoms with van der Waals surface area (Å²) in [6.45, 7) is 3.24. The van der Waals surface area contributed by atoms with Crippen molar-refractivity contribution in [2.24, 2.45) is 0 Å². The molecule has 0 bridgehead atoms. The quantitative estimate of drug-likeness (QED) is 0.666. The lowest BCUT2D eigenvalue weighted by molar-refractivity contribution is -0.138. The molecule has 0 radical (unpaired) electrons. The molecule has 0 heterocycles. The van der Waals surface area contributed by atoms with Crippen molar-refractivity contribution in [3.8, 4) is 5.75 Å². The molecule has 0 saturated heterocycles. The van der Waals surface area contributed by atoms with Gasteiger partial charge >= 0.3 is 6.18 Å². The molecule has 27 heavy (non-hydrogen) atoms. The third-order valence-corrected chi connectivity index (χ3v) is 3.82. The Bertz CT molecular complexity index is 747. The fourth-order valence-corrected chi connectivity index (χ4v) is 2.56. The maximum Gasteiger partial charge on any atom is 0.416 e. The predicted octanol–water partition coefficient (Wildman–Crippen LogP) is 4.09. The number of carbonyl (C=O) groups is 1. The third kappa shape index (κ3) is 6.29. The highest BCUT2D eigenvalue weighted by molar-refractivity contribution is 5.96. The van der Waals surface area contributed by atoms with Crippen LogP contribution in [0.1, 0.15) is 28.4 Å². The monoisotopic (exact) mass is 381 g/mol. The second kappa shape index (κ2) is 9.97. The summed E-state index contributed by atoms with van der Waals surface area (Å²) >= 11 is 0. The molecule has 4 nitrogen and oxygen atoms in total. The van der Waals surface area contributed by atoms with Gasteiger partial charge in [-0.05, 0) is 37.1 Å². The van der Waals surface area contributed by atoms with Crippen molar-refractivity contribution >= 4 is 5.91 Å². The van der Waals surface area contributed by atoms with Crippen LogP contribution >= 0.6 is 0 Å². The zero-order valence-corrected chi connectivity index (χ0v) is 15.0. The molecular weight excluding hydrogens is 359 g/mol. The smallest absolute Gasteiger partial charge is 0.416 e. The Hall–Kier alpha value is -2.54. The van der Waals surface area contributed by atoms with Gasteiger partial charge in [-0.1, -0.05) is 30.3 Å². The highest BCUT2D eigenvalue weighted by Crippen LogP contribution is 2.31. The van der Waals surface area contributed by atoms with Gasteiger partial charge in [-0.25, -0.2) is 0 Å². The first-order valence-corrected chi connectivity index (χ1v) is 8.66. The average molecular weight is 381 g/mol. The maximum absolute atomic E-state index is 13.0. The number of ether oxygens (including phenoxy) is 2. The highest BCUT2D eigenvalue weighted by Gasteiger charge is 2.32. The summed E-state index contributed by atoms with van der Waals surface area (Å²) in [5.74, 6) is 0.0110. The molecule has 1 amide bonds. The van der Waals surface area contributed by atoms with E-state index >= 15 is 0 Å². The largest absolute Gasteiger partial charge is 0.490 e. The van der Waals surface area contributed by atoms with Crippen LogP contribution in [0.3, 0.4) is 0 Å². The Labute approximate surface area is 156 Å². The number of halogens is 3. The fourth-order valence-electron chi connectivity index (χ4n) is 2.56. The number of rotatable bonds is 9. The van der Waals surface area contributed by atoms with Crippen LogP contribution in [0.5, 0.6) is 5.75 Å². The highest BCUT2D eigenvalue weighted by atomic mass is 19.4. The van der Waals surface area contributed by atoms with Crippen molar-refractivity contribution in [3.63, 3.8) is 0 Å². The fraction of sp³-hybridized carbons (Fsp3) is 0.350. The van der Waals surface area contributed by atoms with E-state index in [-0.39, 0.29) is 18.5 Å². The summed E-state index contributed by atoms with van der Waals surface area (Å²) in [6.07, 6.45) is -4.34. The summed E-state index contributed by atoms with van der Waals surface area (Å²) in [7, 11) is 0. The Morgan fingerprint density at radius 2 is 1.74 bits per heavy atom. The molecule has 0 unspecified atom stereocenters. The number of hydrogen-bond donors (Lipinski definition) is 1. The Kier molecular flexibility index (Phi) is 7.67. The summed E-state index contributed by atoms with van der Waals surface area (Å²) in [4.78, 5) is 12.4. The van der Waals surface area contributed by atoms with Gasteiger partial charge in [0.05, 0.1) is 17.7 Å². The molecule has 0 spiro atoms. The number of hydrogen-bond acceptors (Lipinski definition) is 3. The molecule has 0 saturated carbocycles. The lowest BCUT2D eigenvalue weighted by atomic mass is 10.0. The number of amides is 1. The van der Waals surface area contributed by atoms with Crippen LogP contribution in [0, 0.1) is 0 Å². The summed E-state index contributed by atoms with van der Waals surface area (Å²) in [6, 6.07) is 12.1. The molecule has 2 aromatic carbocycles. The minimum atomic E-state index is -4.42. The minimum absolute atomic E-state index is 0.0782. The van der Waals surface area contributed by atoms with Crippen molar-refractivity contribution in [1.82, 2.24) is 5.32 Å². The SMILES string of the molecule is CCOCCOc1ccccc1C(=O)NCCc1ccccc1C(F)(F)F. The van der Waals surface area contributed by atoms with Gasteiger partial charge in [0, 0.05) is 13.2 Å². The summed E-state index contributed by atoms with van der Waals surface area (Å²) in [5.41, 5.74) is -0.205. The van der Waals surface area contributed by atoms with Crippen LogP contribution in [0.15, 0.2) is 48.5 Å². The topological polar surface area (TPSA) is 47.6 Å². The zero-order chi connectivity index (χ0) is 19.7. The molecule has 7 heteroatoms. The number of benzene rings is 2. The molecule has 2 rings (SSSR count). The molecule has 146 valence electrons. The van der Waals surface area contributed by atoms with Gasteiger partial charge in [-0.2, -0.15) is 13.2 Å². The van der Waals surface area contributed by atoms with Gasteiger partial charge in [0.1, 0.15) is 12.4 Å². The van der Waals surface area contributed by atoms with E-state index in [1.807, 2.05) is 6.92 Å². The first kappa shape index (κ1) is 20.8. The lowest BCUT2D eigenvalue weighted by Crippen LogP contribution is -2.27. The zero-order valence-electron chi connectivity index (χ0n) is 15.0. The van der Waals surface area contributed by atoms with Gasteiger partial charge in [0.25, 0.3) is 5.91 Å². The van der Waals surface area contributed by atoms with E-state index in [0.29, 0.717) is 31.1 Å². The van der Waals surface area contributed by atoms with Crippen molar-refractivity contribution in [1.29, 1.82) is 0 Å². The molecule has 0 aromatic heterocycles. The van der Waals surface area contributed by atoms with Crippen LogP contribution in [-0.4, -0.2) is 32.3 Å². The Morgan fingerprint density at radius 3 is 2.48 bits per heavy atom. The maximum atomic E-state index is 13.0. The molecule has 0 aliphatic heterocycles. The van der Waals surface area contributed by atoms with Gasteiger partial charge in [-0.15, -0.1) is 0 Å². The van der Waals surface area contributed by atoms with Crippen LogP contribution in [0.25, 0.3) is 0 Å². The van der Waals surface area contributed by atoms with Gasteiger partial charge in [-0.3, -0.25) is 4.79 Å². The first-order chi connectivity index (χ1) is 12.9. The summed E-state index contributed by atoms with van der Waals surface area (Å²) < 4.78 is 49.8. The number of alkyl halides is 3. The van der Waals surface area contributed by atoms with E-state index in [2.05, 4.69) is 5.32 Å². The predicted molar refractivity (Wildman–Crippen MR) is 95.9 cm³/mol. The standard InChI is InChI=1S/C20H22F3NO3/c1-2-26-13-14-27-18-10-6-4-8-16(18)19(25)24-12-11-15-7-3-5-9-17(15)20(21,22)23/h3-10H,2,11-14H2,1H3,(H,24,25).